The molecule has 0 radical (unpaired) electrons. The fourth-order valence-electron chi connectivity index (χ4n) is 1.44. The van der Waals surface area contributed by atoms with Crippen LogP contribution in [0, 0.1) is 5.82 Å². The van der Waals surface area contributed by atoms with Crippen LogP contribution in [0.3, 0.4) is 0 Å². The molecule has 0 aromatic heterocycles. The second kappa shape index (κ2) is 5.92. The Balaban J connectivity index is 2.73. The third-order valence-electron chi connectivity index (χ3n) is 2.31. The molecule has 0 spiro atoms. The quantitative estimate of drug-likeness (QED) is 0.819. The minimum Gasteiger partial charge on any atom is -0.481 e. The van der Waals surface area contributed by atoms with Crippen molar-refractivity contribution in [2.45, 2.75) is 19.4 Å². The lowest BCUT2D eigenvalue weighted by Crippen LogP contribution is -2.30. The van der Waals surface area contributed by atoms with Gasteiger partial charge in [0.1, 0.15) is 5.82 Å². The molecule has 1 rings (SSSR count). The maximum atomic E-state index is 13.4. The summed E-state index contributed by atoms with van der Waals surface area (Å²) in [7, 11) is -3.74. The van der Waals surface area contributed by atoms with Crippen LogP contribution in [0.15, 0.2) is 24.3 Å². The van der Waals surface area contributed by atoms with Gasteiger partial charge in [-0.3, -0.25) is 4.79 Å². The molecule has 5 nitrogen and oxygen atoms in total. The summed E-state index contributed by atoms with van der Waals surface area (Å²) in [6.07, 6.45) is -0.487. The van der Waals surface area contributed by atoms with E-state index in [4.69, 9.17) is 5.11 Å². The summed E-state index contributed by atoms with van der Waals surface area (Å²) in [6, 6.07) is 5.06. The van der Waals surface area contributed by atoms with Gasteiger partial charge in [0, 0.05) is 11.6 Å². The monoisotopic (exact) mass is 275 g/mol. The highest BCUT2D eigenvalue weighted by atomic mass is 32.2. The second-order valence-electron chi connectivity index (χ2n) is 3.82. The largest absolute Gasteiger partial charge is 0.481 e. The molecule has 1 aromatic carbocycles. The lowest BCUT2D eigenvalue weighted by Gasteiger charge is -2.14. The van der Waals surface area contributed by atoms with Crippen LogP contribution in [-0.2, 0) is 14.8 Å². The molecule has 0 bridgehead atoms. The van der Waals surface area contributed by atoms with Gasteiger partial charge in [0.25, 0.3) is 0 Å². The average molecular weight is 275 g/mol. The van der Waals surface area contributed by atoms with E-state index in [0.717, 1.165) is 0 Å². The number of hydrogen-bond acceptors (Lipinski definition) is 3. The van der Waals surface area contributed by atoms with Crippen molar-refractivity contribution in [2.24, 2.45) is 0 Å². The summed E-state index contributed by atoms with van der Waals surface area (Å²) in [5, 5.41) is 8.42. The topological polar surface area (TPSA) is 83.5 Å². The van der Waals surface area contributed by atoms with Crippen LogP contribution in [0.4, 0.5) is 4.39 Å². The van der Waals surface area contributed by atoms with Crippen molar-refractivity contribution in [1.82, 2.24) is 4.72 Å². The molecule has 0 fully saturated rings. The Morgan fingerprint density at radius 1 is 1.44 bits per heavy atom. The minimum absolute atomic E-state index is 0.219. The molecular weight excluding hydrogens is 261 g/mol. The van der Waals surface area contributed by atoms with E-state index >= 15 is 0 Å². The Bertz CT molecular complexity index is 530. The molecule has 0 saturated heterocycles. The zero-order valence-corrected chi connectivity index (χ0v) is 10.6. The Kier molecular flexibility index (Phi) is 4.80. The Morgan fingerprint density at radius 2 is 2.06 bits per heavy atom. The van der Waals surface area contributed by atoms with Gasteiger partial charge in [0.15, 0.2) is 0 Å². The number of benzene rings is 1. The molecule has 0 aliphatic rings. The van der Waals surface area contributed by atoms with E-state index in [2.05, 4.69) is 4.72 Å². The average Bonchev–Trinajstić information content (AvgIpc) is 2.26. The van der Waals surface area contributed by atoms with Crippen LogP contribution in [0.1, 0.15) is 24.9 Å². The SMILES string of the molecule is CC(NS(=O)(=O)CCC(=O)O)c1ccccc1F. The molecule has 0 heterocycles. The van der Waals surface area contributed by atoms with Crippen molar-refractivity contribution in [1.29, 1.82) is 0 Å². The first-order valence-corrected chi connectivity index (χ1v) is 6.93. The molecular formula is C11H14FNO4S. The van der Waals surface area contributed by atoms with Crippen LogP contribution in [0.5, 0.6) is 0 Å². The lowest BCUT2D eigenvalue weighted by molar-refractivity contribution is -0.136. The normalized spacial score (nSPS) is 13.2. The van der Waals surface area contributed by atoms with Crippen LogP contribution in [-0.4, -0.2) is 25.2 Å². The molecule has 100 valence electrons. The van der Waals surface area contributed by atoms with Gasteiger partial charge in [-0.1, -0.05) is 18.2 Å². The first-order chi connectivity index (χ1) is 8.32. The van der Waals surface area contributed by atoms with Gasteiger partial charge in [-0.05, 0) is 13.0 Å². The molecule has 0 aliphatic carbocycles. The van der Waals surface area contributed by atoms with Crippen molar-refractivity contribution in [2.75, 3.05) is 5.75 Å². The third kappa shape index (κ3) is 4.42. The first-order valence-electron chi connectivity index (χ1n) is 5.28. The van der Waals surface area contributed by atoms with Gasteiger partial charge in [-0.15, -0.1) is 0 Å². The number of aliphatic carboxylic acids is 1. The van der Waals surface area contributed by atoms with E-state index < -0.39 is 40.0 Å². The fraction of sp³-hybridized carbons (Fsp3) is 0.364. The van der Waals surface area contributed by atoms with E-state index in [1.54, 1.807) is 6.07 Å². The summed E-state index contributed by atoms with van der Waals surface area (Å²) in [6.45, 7) is 1.50. The Labute approximate surface area is 105 Å². The highest BCUT2D eigenvalue weighted by Gasteiger charge is 2.18. The standard InChI is InChI=1S/C11H14FNO4S/c1-8(9-4-2-3-5-10(9)12)13-18(16,17)7-6-11(14)15/h2-5,8,13H,6-7H2,1H3,(H,14,15). The molecule has 2 N–H and O–H groups in total. The molecule has 0 aliphatic heterocycles. The molecule has 0 saturated carbocycles. The predicted molar refractivity (Wildman–Crippen MR) is 64.0 cm³/mol. The zero-order valence-electron chi connectivity index (χ0n) is 9.76. The van der Waals surface area contributed by atoms with Gasteiger partial charge < -0.3 is 5.11 Å². The summed E-state index contributed by atoms with van der Waals surface area (Å²) in [5.74, 6) is -2.23. The third-order valence-corrected chi connectivity index (χ3v) is 3.77. The van der Waals surface area contributed by atoms with Gasteiger partial charge >= 0.3 is 5.97 Å². The summed E-state index contributed by atoms with van der Waals surface area (Å²) in [4.78, 5) is 10.3. The minimum atomic E-state index is -3.74. The number of rotatable bonds is 6. The lowest BCUT2D eigenvalue weighted by atomic mass is 10.1. The van der Waals surface area contributed by atoms with Gasteiger partial charge in [-0.2, -0.15) is 0 Å². The van der Waals surface area contributed by atoms with E-state index in [9.17, 15) is 17.6 Å². The number of carboxylic acid groups (broad SMARTS) is 1. The van der Waals surface area contributed by atoms with Crippen LogP contribution >= 0.6 is 0 Å². The maximum absolute atomic E-state index is 13.4. The zero-order chi connectivity index (χ0) is 13.8. The smallest absolute Gasteiger partial charge is 0.304 e. The first kappa shape index (κ1) is 14.6. The Morgan fingerprint density at radius 3 is 2.61 bits per heavy atom. The molecule has 1 atom stereocenters. The maximum Gasteiger partial charge on any atom is 0.304 e. The van der Waals surface area contributed by atoms with Crippen LogP contribution < -0.4 is 4.72 Å². The van der Waals surface area contributed by atoms with Crippen molar-refractivity contribution >= 4 is 16.0 Å². The van der Waals surface area contributed by atoms with Gasteiger partial charge in [0.2, 0.25) is 10.0 Å². The predicted octanol–water partition coefficient (Wildman–Crippen LogP) is 1.28. The number of carboxylic acids is 1. The number of carbonyl (C=O) groups is 1. The number of halogens is 1. The van der Waals surface area contributed by atoms with Crippen LogP contribution in [0.2, 0.25) is 0 Å². The molecule has 18 heavy (non-hydrogen) atoms. The molecule has 0 amide bonds. The van der Waals surface area contributed by atoms with Crippen molar-refractivity contribution < 1.29 is 22.7 Å². The van der Waals surface area contributed by atoms with Crippen molar-refractivity contribution in [3.05, 3.63) is 35.6 Å². The Hall–Kier alpha value is -1.47. The van der Waals surface area contributed by atoms with E-state index in [0.29, 0.717) is 0 Å². The molecule has 1 aromatic rings. The fourth-order valence-corrected chi connectivity index (χ4v) is 2.67. The number of nitrogens with one attached hydrogen (secondary N) is 1. The summed E-state index contributed by atoms with van der Waals surface area (Å²) < 4.78 is 38.7. The molecule has 7 heteroatoms. The second-order valence-corrected chi connectivity index (χ2v) is 5.70. The number of hydrogen-bond donors (Lipinski definition) is 2. The van der Waals surface area contributed by atoms with E-state index in [-0.39, 0.29) is 5.56 Å². The summed E-state index contributed by atoms with van der Waals surface area (Å²) in [5.41, 5.74) is 0.219. The summed E-state index contributed by atoms with van der Waals surface area (Å²) >= 11 is 0. The highest BCUT2D eigenvalue weighted by molar-refractivity contribution is 7.89. The van der Waals surface area contributed by atoms with Gasteiger partial charge in [0.05, 0.1) is 12.2 Å². The van der Waals surface area contributed by atoms with E-state index in [1.165, 1.54) is 25.1 Å². The van der Waals surface area contributed by atoms with Crippen LogP contribution in [0.25, 0.3) is 0 Å². The van der Waals surface area contributed by atoms with Crippen molar-refractivity contribution in [3.63, 3.8) is 0 Å². The van der Waals surface area contributed by atoms with E-state index in [1.807, 2.05) is 0 Å². The van der Waals surface area contributed by atoms with Crippen molar-refractivity contribution in [3.8, 4) is 0 Å². The van der Waals surface area contributed by atoms with Gasteiger partial charge in [-0.25, -0.2) is 17.5 Å². The molecule has 1 unspecified atom stereocenters. The highest BCUT2D eigenvalue weighted by Crippen LogP contribution is 2.16. The number of sulfonamides is 1.